The molecule has 1 heterocycles. The molecule has 1 aliphatic rings. The Hall–Kier alpha value is -2.87. The normalized spacial score (nSPS) is 16.0. The van der Waals surface area contributed by atoms with Gasteiger partial charge in [-0.25, -0.2) is 8.42 Å². The minimum Gasteiger partial charge on any atom is -0.497 e. The van der Waals surface area contributed by atoms with Crippen LogP contribution in [0.15, 0.2) is 52.5 Å². The molecule has 142 valence electrons. The second kappa shape index (κ2) is 7.40. The molecular formula is C19H20N2O5S. The van der Waals surface area contributed by atoms with Crippen molar-refractivity contribution in [3.63, 3.8) is 0 Å². The Bertz CT molecular complexity index is 997. The number of fused-ring (bicyclic) bond motifs is 1. The van der Waals surface area contributed by atoms with Gasteiger partial charge in [0.2, 0.25) is 5.78 Å². The number of hydrogen-bond donors (Lipinski definition) is 0. The number of carbonyl (C=O) groups excluding carboxylic acids is 1. The summed E-state index contributed by atoms with van der Waals surface area (Å²) in [6, 6.07) is 11.3. The molecule has 0 amide bonds. The Morgan fingerprint density at radius 2 is 1.78 bits per heavy atom. The number of rotatable bonds is 4. The van der Waals surface area contributed by atoms with Crippen LogP contribution >= 0.6 is 0 Å². The number of benzene rings is 2. The van der Waals surface area contributed by atoms with Gasteiger partial charge in [0, 0.05) is 24.6 Å². The molecule has 0 radical (unpaired) electrons. The number of oxime groups is 1. The number of methoxy groups -OCH3 is 1. The number of ketones is 1. The van der Waals surface area contributed by atoms with Crippen molar-refractivity contribution in [2.24, 2.45) is 5.16 Å². The van der Waals surface area contributed by atoms with Crippen LogP contribution < -0.4 is 9.04 Å². The highest BCUT2D eigenvalue weighted by Crippen LogP contribution is 2.33. The highest BCUT2D eigenvalue weighted by atomic mass is 32.2. The molecule has 2 aromatic carbocycles. The summed E-state index contributed by atoms with van der Waals surface area (Å²) in [5.41, 5.74) is 1.63. The highest BCUT2D eigenvalue weighted by Gasteiger charge is 2.33. The van der Waals surface area contributed by atoms with E-state index in [1.807, 2.05) is 6.92 Å². The number of sulfonamides is 1. The fraction of sp³-hybridized carbons (Fsp3) is 0.263. The van der Waals surface area contributed by atoms with E-state index >= 15 is 0 Å². The molecule has 2 aromatic rings. The summed E-state index contributed by atoms with van der Waals surface area (Å²) in [5, 5.41) is 3.78. The van der Waals surface area contributed by atoms with Crippen molar-refractivity contribution in [2.75, 3.05) is 25.1 Å². The van der Waals surface area contributed by atoms with E-state index < -0.39 is 10.0 Å². The molecule has 0 spiro atoms. The van der Waals surface area contributed by atoms with Crippen LogP contribution in [0.1, 0.15) is 22.3 Å². The molecule has 0 aliphatic carbocycles. The smallest absolute Gasteiger partial charge is 0.264 e. The lowest BCUT2D eigenvalue weighted by molar-refractivity contribution is 0.105. The number of anilines is 1. The third-order valence-corrected chi connectivity index (χ3v) is 6.17. The summed E-state index contributed by atoms with van der Waals surface area (Å²) in [4.78, 5) is 17.7. The maximum Gasteiger partial charge on any atom is 0.264 e. The standard InChI is InChI=1S/C19H20N2O5S/c1-13-4-7-15(8-5-13)27(23,24)21-11-10-17(20-26-3)19(22)16-9-6-14(25-2)12-18(16)21/h4-9,12H,10-11H2,1-3H3/b20-17+. The van der Waals surface area contributed by atoms with Gasteiger partial charge in [0.05, 0.1) is 17.7 Å². The first-order valence-corrected chi connectivity index (χ1v) is 9.74. The maximum atomic E-state index is 13.3. The van der Waals surface area contributed by atoms with E-state index in [9.17, 15) is 13.2 Å². The lowest BCUT2D eigenvalue weighted by Crippen LogP contribution is -2.32. The van der Waals surface area contributed by atoms with E-state index in [0.717, 1.165) is 5.56 Å². The second-order valence-electron chi connectivity index (χ2n) is 6.07. The average Bonchev–Trinajstić information content (AvgIpc) is 2.79. The molecule has 0 fully saturated rings. The fourth-order valence-electron chi connectivity index (χ4n) is 2.92. The molecule has 0 aromatic heterocycles. The third-order valence-electron chi connectivity index (χ3n) is 4.34. The van der Waals surface area contributed by atoms with Gasteiger partial charge in [0.25, 0.3) is 10.0 Å². The molecule has 0 saturated carbocycles. The Morgan fingerprint density at radius 1 is 1.07 bits per heavy atom. The molecule has 0 bridgehead atoms. The van der Waals surface area contributed by atoms with Crippen molar-refractivity contribution >= 4 is 27.2 Å². The van der Waals surface area contributed by atoms with E-state index in [4.69, 9.17) is 9.57 Å². The number of carbonyl (C=O) groups is 1. The third kappa shape index (κ3) is 3.52. The minimum atomic E-state index is -3.87. The van der Waals surface area contributed by atoms with Gasteiger partial charge in [-0.05, 0) is 31.2 Å². The number of aryl methyl sites for hydroxylation is 1. The van der Waals surface area contributed by atoms with Crippen molar-refractivity contribution < 1.29 is 22.8 Å². The minimum absolute atomic E-state index is 0.0598. The zero-order chi connectivity index (χ0) is 19.6. The van der Waals surface area contributed by atoms with Crippen molar-refractivity contribution in [2.45, 2.75) is 18.2 Å². The van der Waals surface area contributed by atoms with Crippen LogP contribution in [0.3, 0.4) is 0 Å². The van der Waals surface area contributed by atoms with Crippen LogP contribution in [-0.4, -0.2) is 40.7 Å². The predicted molar refractivity (Wildman–Crippen MR) is 102 cm³/mol. The Kier molecular flexibility index (Phi) is 5.18. The van der Waals surface area contributed by atoms with Crippen LogP contribution in [0, 0.1) is 6.92 Å². The molecule has 8 heteroatoms. The van der Waals surface area contributed by atoms with Gasteiger partial charge in [0.1, 0.15) is 18.6 Å². The van der Waals surface area contributed by atoms with Crippen LogP contribution in [-0.2, 0) is 14.9 Å². The van der Waals surface area contributed by atoms with Crippen LogP contribution in [0.25, 0.3) is 0 Å². The first kappa shape index (κ1) is 18.9. The Morgan fingerprint density at radius 3 is 2.41 bits per heavy atom. The van der Waals surface area contributed by atoms with Gasteiger partial charge in [-0.15, -0.1) is 0 Å². The molecule has 0 saturated heterocycles. The monoisotopic (exact) mass is 388 g/mol. The Balaban J connectivity index is 2.18. The molecule has 0 N–H and O–H groups in total. The van der Waals surface area contributed by atoms with E-state index in [2.05, 4.69) is 5.16 Å². The second-order valence-corrected chi connectivity index (χ2v) is 7.94. The topological polar surface area (TPSA) is 85.3 Å². The highest BCUT2D eigenvalue weighted by molar-refractivity contribution is 7.92. The van der Waals surface area contributed by atoms with Gasteiger partial charge in [-0.1, -0.05) is 22.9 Å². The lowest BCUT2D eigenvalue weighted by Gasteiger charge is -2.24. The van der Waals surface area contributed by atoms with E-state index in [0.29, 0.717) is 5.75 Å². The lowest BCUT2D eigenvalue weighted by atomic mass is 10.0. The Labute approximate surface area is 158 Å². The molecule has 27 heavy (non-hydrogen) atoms. The first-order chi connectivity index (χ1) is 12.9. The van der Waals surface area contributed by atoms with Gasteiger partial charge >= 0.3 is 0 Å². The number of hydrogen-bond acceptors (Lipinski definition) is 6. The maximum absolute atomic E-state index is 13.3. The van der Waals surface area contributed by atoms with Crippen molar-refractivity contribution in [3.05, 3.63) is 53.6 Å². The number of ether oxygens (including phenoxy) is 1. The van der Waals surface area contributed by atoms with E-state index in [1.165, 1.54) is 18.5 Å². The molecular weight excluding hydrogens is 368 g/mol. The summed E-state index contributed by atoms with van der Waals surface area (Å²) < 4.78 is 33.0. The summed E-state index contributed by atoms with van der Waals surface area (Å²) in [5.74, 6) is 0.0916. The zero-order valence-corrected chi connectivity index (χ0v) is 16.1. The quantitative estimate of drug-likeness (QED) is 0.752. The predicted octanol–water partition coefficient (Wildman–Crippen LogP) is 2.79. The molecule has 3 rings (SSSR count). The summed E-state index contributed by atoms with van der Waals surface area (Å²) in [6.07, 6.45) is 0.134. The van der Waals surface area contributed by atoms with Crippen LogP contribution in [0.4, 0.5) is 5.69 Å². The number of nitrogens with zero attached hydrogens (tertiary/aromatic N) is 2. The van der Waals surface area contributed by atoms with E-state index in [1.54, 1.807) is 42.5 Å². The molecule has 1 aliphatic heterocycles. The van der Waals surface area contributed by atoms with Gasteiger partial charge in [-0.3, -0.25) is 9.10 Å². The summed E-state index contributed by atoms with van der Waals surface area (Å²) in [7, 11) is -1.04. The van der Waals surface area contributed by atoms with Gasteiger partial charge in [0.15, 0.2) is 0 Å². The fourth-order valence-corrected chi connectivity index (χ4v) is 4.39. The van der Waals surface area contributed by atoms with Gasteiger partial charge < -0.3 is 9.57 Å². The molecule has 7 nitrogen and oxygen atoms in total. The van der Waals surface area contributed by atoms with Crippen molar-refractivity contribution in [1.29, 1.82) is 0 Å². The van der Waals surface area contributed by atoms with Crippen LogP contribution in [0.2, 0.25) is 0 Å². The van der Waals surface area contributed by atoms with Crippen molar-refractivity contribution in [3.8, 4) is 5.75 Å². The molecule has 0 unspecified atom stereocenters. The SMILES string of the molecule is CO/N=C1\CCN(S(=O)(=O)c2ccc(C)cc2)c2cc(OC)ccc2C1=O. The average molecular weight is 388 g/mol. The van der Waals surface area contributed by atoms with Crippen LogP contribution in [0.5, 0.6) is 5.75 Å². The van der Waals surface area contributed by atoms with Gasteiger partial charge in [-0.2, -0.15) is 0 Å². The van der Waals surface area contributed by atoms with E-state index in [-0.39, 0.29) is 40.6 Å². The largest absolute Gasteiger partial charge is 0.497 e. The summed E-state index contributed by atoms with van der Waals surface area (Å²) in [6.45, 7) is 1.94. The van der Waals surface area contributed by atoms with Crippen molar-refractivity contribution in [1.82, 2.24) is 0 Å². The number of Topliss-reactive ketones (excluding diaryl/α,β-unsaturated/α-hetero) is 1. The first-order valence-electron chi connectivity index (χ1n) is 8.30. The summed E-state index contributed by atoms with van der Waals surface area (Å²) >= 11 is 0. The zero-order valence-electron chi connectivity index (χ0n) is 15.3. The molecule has 0 atom stereocenters.